The van der Waals surface area contributed by atoms with Gasteiger partial charge in [0.05, 0.1) is 6.10 Å². The molecule has 4 nitrogen and oxygen atoms in total. The normalized spacial score (nSPS) is 12.7. The lowest BCUT2D eigenvalue weighted by Crippen LogP contribution is -2.18. The molecule has 1 unspecified atom stereocenters. The summed E-state index contributed by atoms with van der Waals surface area (Å²) in [6.45, 7) is 0. The van der Waals surface area contributed by atoms with Crippen LogP contribution in [0.4, 0.5) is 8.78 Å². The number of benzene rings is 1. The van der Waals surface area contributed by atoms with Crippen molar-refractivity contribution in [2.45, 2.75) is 18.9 Å². The second-order valence-corrected chi connectivity index (χ2v) is 4.06. The highest BCUT2D eigenvalue weighted by Crippen LogP contribution is 2.15. The summed E-state index contributed by atoms with van der Waals surface area (Å²) in [6, 6.07) is 3.64. The fraction of sp³-hybridized carbons (Fsp3) is 0.333. The Morgan fingerprint density at radius 3 is 2.50 bits per heavy atom. The Kier molecular flexibility index (Phi) is 3.66. The van der Waals surface area contributed by atoms with E-state index in [1.54, 1.807) is 7.05 Å². The SMILES string of the molecule is Cn1ncnc1CC(O)Cc1c(F)cccc1F. The van der Waals surface area contributed by atoms with Gasteiger partial charge in [-0.2, -0.15) is 5.10 Å². The largest absolute Gasteiger partial charge is 0.392 e. The molecule has 0 aliphatic rings. The van der Waals surface area contributed by atoms with Crippen molar-refractivity contribution < 1.29 is 13.9 Å². The summed E-state index contributed by atoms with van der Waals surface area (Å²) in [6.07, 6.45) is 0.570. The summed E-state index contributed by atoms with van der Waals surface area (Å²) >= 11 is 0. The number of aromatic nitrogens is 3. The highest BCUT2D eigenvalue weighted by atomic mass is 19.1. The number of nitrogens with zero attached hydrogens (tertiary/aromatic N) is 3. The highest BCUT2D eigenvalue weighted by Gasteiger charge is 2.15. The van der Waals surface area contributed by atoms with E-state index in [0.717, 1.165) is 0 Å². The van der Waals surface area contributed by atoms with E-state index in [9.17, 15) is 13.9 Å². The average molecular weight is 253 g/mol. The van der Waals surface area contributed by atoms with Crippen LogP contribution >= 0.6 is 0 Å². The van der Waals surface area contributed by atoms with Crippen LogP contribution < -0.4 is 0 Å². The minimum atomic E-state index is -0.903. The molecule has 96 valence electrons. The predicted molar refractivity (Wildman–Crippen MR) is 60.8 cm³/mol. The fourth-order valence-corrected chi connectivity index (χ4v) is 1.75. The van der Waals surface area contributed by atoms with E-state index in [0.29, 0.717) is 5.82 Å². The Hall–Kier alpha value is -1.82. The zero-order chi connectivity index (χ0) is 13.1. The third-order valence-corrected chi connectivity index (χ3v) is 2.72. The Bertz CT molecular complexity index is 522. The summed E-state index contributed by atoms with van der Waals surface area (Å²) in [5.74, 6) is -0.724. The van der Waals surface area contributed by atoms with Gasteiger partial charge in [0, 0.05) is 25.5 Å². The van der Waals surface area contributed by atoms with Crippen molar-refractivity contribution in [1.82, 2.24) is 14.8 Å². The molecule has 1 aromatic carbocycles. The van der Waals surface area contributed by atoms with Gasteiger partial charge in [-0.15, -0.1) is 0 Å². The van der Waals surface area contributed by atoms with Gasteiger partial charge in [-0.3, -0.25) is 4.68 Å². The van der Waals surface area contributed by atoms with E-state index < -0.39 is 17.7 Å². The molecule has 0 saturated heterocycles. The summed E-state index contributed by atoms with van der Waals surface area (Å²) in [4.78, 5) is 3.95. The monoisotopic (exact) mass is 253 g/mol. The number of aryl methyl sites for hydroxylation is 1. The molecule has 1 atom stereocenters. The van der Waals surface area contributed by atoms with Crippen molar-refractivity contribution in [3.63, 3.8) is 0 Å². The molecular formula is C12H13F2N3O. The topological polar surface area (TPSA) is 50.9 Å². The second-order valence-electron chi connectivity index (χ2n) is 4.06. The van der Waals surface area contributed by atoms with Gasteiger partial charge >= 0.3 is 0 Å². The Morgan fingerprint density at radius 1 is 1.28 bits per heavy atom. The third-order valence-electron chi connectivity index (χ3n) is 2.72. The van der Waals surface area contributed by atoms with E-state index in [-0.39, 0.29) is 18.4 Å². The van der Waals surface area contributed by atoms with Crippen LogP contribution in [0.5, 0.6) is 0 Å². The van der Waals surface area contributed by atoms with Crippen LogP contribution in [-0.4, -0.2) is 26.0 Å². The number of rotatable bonds is 4. The lowest BCUT2D eigenvalue weighted by atomic mass is 10.0. The van der Waals surface area contributed by atoms with Crippen LogP contribution in [0.2, 0.25) is 0 Å². The number of aliphatic hydroxyl groups is 1. The standard InChI is InChI=1S/C12H13F2N3O/c1-17-12(15-7-16-17)6-8(18)5-9-10(13)3-2-4-11(9)14/h2-4,7-8,18H,5-6H2,1H3. The van der Waals surface area contributed by atoms with Crippen LogP contribution in [-0.2, 0) is 19.9 Å². The van der Waals surface area contributed by atoms with E-state index in [1.165, 1.54) is 29.2 Å². The molecule has 0 fully saturated rings. The first-order valence-corrected chi connectivity index (χ1v) is 5.51. The van der Waals surface area contributed by atoms with Gasteiger partial charge < -0.3 is 5.11 Å². The van der Waals surface area contributed by atoms with Crippen LogP contribution in [0.15, 0.2) is 24.5 Å². The maximum absolute atomic E-state index is 13.4. The fourth-order valence-electron chi connectivity index (χ4n) is 1.75. The van der Waals surface area contributed by atoms with Crippen LogP contribution in [0.25, 0.3) is 0 Å². The molecule has 2 rings (SSSR count). The van der Waals surface area contributed by atoms with E-state index >= 15 is 0 Å². The quantitative estimate of drug-likeness (QED) is 0.892. The zero-order valence-electron chi connectivity index (χ0n) is 9.85. The molecule has 1 heterocycles. The Balaban J connectivity index is 2.08. The molecule has 0 saturated carbocycles. The first-order chi connectivity index (χ1) is 8.58. The summed E-state index contributed by atoms with van der Waals surface area (Å²) < 4.78 is 28.3. The van der Waals surface area contributed by atoms with Gasteiger partial charge in [-0.25, -0.2) is 13.8 Å². The number of aliphatic hydroxyl groups excluding tert-OH is 1. The second kappa shape index (κ2) is 5.22. The molecule has 0 bridgehead atoms. The molecule has 0 spiro atoms. The van der Waals surface area contributed by atoms with Crippen molar-refractivity contribution in [3.8, 4) is 0 Å². The Morgan fingerprint density at radius 2 is 1.94 bits per heavy atom. The van der Waals surface area contributed by atoms with Gasteiger partial charge in [-0.1, -0.05) is 6.07 Å². The van der Waals surface area contributed by atoms with Crippen molar-refractivity contribution >= 4 is 0 Å². The summed E-state index contributed by atoms with van der Waals surface area (Å²) in [5.41, 5.74) is -0.104. The molecule has 1 aromatic heterocycles. The molecule has 0 amide bonds. The van der Waals surface area contributed by atoms with E-state index in [4.69, 9.17) is 0 Å². The van der Waals surface area contributed by atoms with Crippen molar-refractivity contribution in [1.29, 1.82) is 0 Å². The number of halogens is 2. The smallest absolute Gasteiger partial charge is 0.138 e. The highest BCUT2D eigenvalue weighted by molar-refractivity contribution is 5.20. The van der Waals surface area contributed by atoms with E-state index in [2.05, 4.69) is 10.1 Å². The first kappa shape index (κ1) is 12.6. The third kappa shape index (κ3) is 2.70. The van der Waals surface area contributed by atoms with Gasteiger partial charge in [0.2, 0.25) is 0 Å². The van der Waals surface area contributed by atoms with Crippen LogP contribution in [0.1, 0.15) is 11.4 Å². The molecule has 0 aliphatic heterocycles. The molecule has 0 aliphatic carbocycles. The first-order valence-electron chi connectivity index (χ1n) is 5.51. The van der Waals surface area contributed by atoms with Crippen molar-refractivity contribution in [2.24, 2.45) is 7.05 Å². The Labute approximate surface area is 103 Å². The van der Waals surface area contributed by atoms with Crippen molar-refractivity contribution in [3.05, 3.63) is 47.5 Å². The predicted octanol–water partition coefficient (Wildman–Crippen LogP) is 1.24. The molecule has 1 N–H and O–H groups in total. The summed E-state index contributed by atoms with van der Waals surface area (Å²) in [7, 11) is 1.69. The molecule has 0 radical (unpaired) electrons. The molecular weight excluding hydrogens is 240 g/mol. The number of hydrogen-bond donors (Lipinski definition) is 1. The summed E-state index contributed by atoms with van der Waals surface area (Å²) in [5, 5.41) is 13.7. The molecule has 18 heavy (non-hydrogen) atoms. The van der Waals surface area contributed by atoms with Gasteiger partial charge in [0.1, 0.15) is 23.8 Å². The number of hydrogen-bond acceptors (Lipinski definition) is 3. The van der Waals surface area contributed by atoms with Crippen LogP contribution in [0.3, 0.4) is 0 Å². The van der Waals surface area contributed by atoms with Crippen molar-refractivity contribution in [2.75, 3.05) is 0 Å². The maximum atomic E-state index is 13.4. The van der Waals surface area contributed by atoms with E-state index in [1.807, 2.05) is 0 Å². The van der Waals surface area contributed by atoms with Gasteiger partial charge in [0.15, 0.2) is 0 Å². The average Bonchev–Trinajstić information content (AvgIpc) is 2.70. The van der Waals surface area contributed by atoms with Gasteiger partial charge in [0.25, 0.3) is 0 Å². The minimum absolute atomic E-state index is 0.0919. The lowest BCUT2D eigenvalue weighted by Gasteiger charge is -2.11. The zero-order valence-corrected chi connectivity index (χ0v) is 9.85. The van der Waals surface area contributed by atoms with Crippen LogP contribution in [0, 0.1) is 11.6 Å². The molecule has 2 aromatic rings. The minimum Gasteiger partial charge on any atom is -0.392 e. The lowest BCUT2D eigenvalue weighted by molar-refractivity contribution is 0.169. The van der Waals surface area contributed by atoms with Gasteiger partial charge in [-0.05, 0) is 12.1 Å². The maximum Gasteiger partial charge on any atom is 0.138 e. The molecule has 6 heteroatoms.